The summed E-state index contributed by atoms with van der Waals surface area (Å²) < 4.78 is 36.3. The molecule has 2 atom stereocenters. The van der Waals surface area contributed by atoms with Gasteiger partial charge in [0.15, 0.2) is 11.6 Å². The minimum absolute atomic E-state index is 0.0651. The van der Waals surface area contributed by atoms with Crippen LogP contribution in [0.5, 0.6) is 0 Å². The number of hydrogen-bond acceptors (Lipinski definition) is 7. The van der Waals surface area contributed by atoms with E-state index in [0.29, 0.717) is 19.5 Å². The fourth-order valence-corrected chi connectivity index (χ4v) is 3.60. The van der Waals surface area contributed by atoms with Gasteiger partial charge in [0.05, 0.1) is 24.8 Å². The van der Waals surface area contributed by atoms with Crippen molar-refractivity contribution in [1.29, 1.82) is 0 Å². The number of amides is 2. The molecule has 4 rings (SSSR count). The van der Waals surface area contributed by atoms with Crippen LogP contribution in [0.4, 0.5) is 25.0 Å². The third kappa shape index (κ3) is 3.82. The second-order valence-electron chi connectivity index (χ2n) is 6.99. The van der Waals surface area contributed by atoms with Gasteiger partial charge in [0.1, 0.15) is 18.1 Å². The average Bonchev–Trinajstić information content (AvgIpc) is 3.40. The van der Waals surface area contributed by atoms with Crippen molar-refractivity contribution in [2.45, 2.75) is 25.5 Å². The van der Waals surface area contributed by atoms with Crippen LogP contribution in [0.2, 0.25) is 0 Å². The number of halogens is 2. The Kier molecular flexibility index (Phi) is 4.99. The number of tetrazole rings is 1. The first-order chi connectivity index (χ1) is 13.9. The van der Waals surface area contributed by atoms with Crippen LogP contribution in [0.3, 0.4) is 0 Å². The molecular formula is C17H19F2N7O3. The van der Waals surface area contributed by atoms with E-state index in [2.05, 4.69) is 20.8 Å². The van der Waals surface area contributed by atoms with E-state index in [1.807, 2.05) is 0 Å². The lowest BCUT2D eigenvalue weighted by Crippen LogP contribution is -2.33. The number of nitrogens with zero attached hydrogens (tertiary/aromatic N) is 6. The maximum absolute atomic E-state index is 14.8. The van der Waals surface area contributed by atoms with Gasteiger partial charge in [0.25, 0.3) is 0 Å². The number of carbonyl (C=O) groups excluding carboxylic acids is 2. The second kappa shape index (κ2) is 7.60. The van der Waals surface area contributed by atoms with Crippen molar-refractivity contribution in [3.05, 3.63) is 30.1 Å². The lowest BCUT2D eigenvalue weighted by Gasteiger charge is -2.22. The summed E-state index contributed by atoms with van der Waals surface area (Å²) in [5, 5.41) is 13.6. The van der Waals surface area contributed by atoms with E-state index >= 15 is 0 Å². The zero-order valence-electron chi connectivity index (χ0n) is 15.6. The number of aromatic nitrogens is 4. The lowest BCUT2D eigenvalue weighted by atomic mass is 10.2. The smallest absolute Gasteiger partial charge is 0.414 e. The lowest BCUT2D eigenvalue weighted by molar-refractivity contribution is -0.119. The molecule has 12 heteroatoms. The van der Waals surface area contributed by atoms with Gasteiger partial charge >= 0.3 is 6.09 Å². The molecule has 1 aromatic heterocycles. The van der Waals surface area contributed by atoms with E-state index in [0.717, 1.165) is 17.0 Å². The summed E-state index contributed by atoms with van der Waals surface area (Å²) in [6, 6.07) is 2.15. The summed E-state index contributed by atoms with van der Waals surface area (Å²) in [7, 11) is 0. The zero-order valence-corrected chi connectivity index (χ0v) is 15.6. The molecule has 1 unspecified atom stereocenters. The Hall–Kier alpha value is -3.31. The van der Waals surface area contributed by atoms with Crippen LogP contribution in [0.15, 0.2) is 18.5 Å². The third-order valence-electron chi connectivity index (χ3n) is 4.98. The topological polar surface area (TPSA) is 105 Å². The molecule has 0 radical (unpaired) electrons. The summed E-state index contributed by atoms with van der Waals surface area (Å²) >= 11 is 0. The van der Waals surface area contributed by atoms with Crippen LogP contribution in [0.25, 0.3) is 0 Å². The molecule has 0 aliphatic carbocycles. The maximum atomic E-state index is 14.8. The van der Waals surface area contributed by atoms with Crippen molar-refractivity contribution >= 4 is 23.4 Å². The summed E-state index contributed by atoms with van der Waals surface area (Å²) in [5.74, 6) is -1.79. The summed E-state index contributed by atoms with van der Waals surface area (Å²) in [5.41, 5.74) is -0.0815. The van der Waals surface area contributed by atoms with Gasteiger partial charge in [-0.05, 0) is 16.8 Å². The molecule has 2 saturated heterocycles. The van der Waals surface area contributed by atoms with Crippen molar-refractivity contribution in [2.75, 3.05) is 36.0 Å². The van der Waals surface area contributed by atoms with Crippen LogP contribution in [0.1, 0.15) is 19.4 Å². The van der Waals surface area contributed by atoms with E-state index in [4.69, 9.17) is 4.74 Å². The van der Waals surface area contributed by atoms with E-state index in [1.165, 1.54) is 13.3 Å². The number of cyclic esters (lactones) is 1. The third-order valence-corrected chi connectivity index (χ3v) is 4.98. The van der Waals surface area contributed by atoms with Crippen LogP contribution >= 0.6 is 0 Å². The highest BCUT2D eigenvalue weighted by Gasteiger charge is 2.34. The zero-order chi connectivity index (χ0) is 20.5. The standard InChI is InChI=1S/C17H19F2N7O3/c1-10(27)20-6-13-8-25(17(28)29-13)12-4-14(18)16(15(19)5-12)24-3-2-11(7-24)26-9-21-22-23-26/h4-5,9,11,13H,2-3,6-8H2,1H3,(H,20,27)/t11?,13-/m0/s1. The average molecular weight is 407 g/mol. The van der Waals surface area contributed by atoms with Crippen LogP contribution < -0.4 is 15.1 Å². The Balaban J connectivity index is 1.49. The first kappa shape index (κ1) is 19.0. The summed E-state index contributed by atoms with van der Waals surface area (Å²) in [4.78, 5) is 25.8. The van der Waals surface area contributed by atoms with Crippen molar-refractivity contribution in [1.82, 2.24) is 25.5 Å². The maximum Gasteiger partial charge on any atom is 0.414 e. The minimum Gasteiger partial charge on any atom is -0.442 e. The molecule has 1 aromatic carbocycles. The quantitative estimate of drug-likeness (QED) is 0.784. The molecule has 2 aromatic rings. The first-order valence-corrected chi connectivity index (χ1v) is 9.11. The highest BCUT2D eigenvalue weighted by molar-refractivity contribution is 5.90. The van der Waals surface area contributed by atoms with Gasteiger partial charge in [0, 0.05) is 32.1 Å². The molecule has 0 saturated carbocycles. The Morgan fingerprint density at radius 3 is 2.72 bits per heavy atom. The molecule has 0 bridgehead atoms. The summed E-state index contributed by atoms with van der Waals surface area (Å²) in [6.45, 7) is 2.38. The minimum atomic E-state index is -0.768. The van der Waals surface area contributed by atoms with Gasteiger partial charge in [-0.2, -0.15) is 0 Å². The van der Waals surface area contributed by atoms with Crippen LogP contribution in [-0.4, -0.2) is 64.5 Å². The number of carbonyl (C=O) groups is 2. The highest BCUT2D eigenvalue weighted by Crippen LogP contribution is 2.34. The monoisotopic (exact) mass is 407 g/mol. The molecular weight excluding hydrogens is 388 g/mol. The van der Waals surface area contributed by atoms with Crippen molar-refractivity contribution in [3.8, 4) is 0 Å². The van der Waals surface area contributed by atoms with E-state index in [-0.39, 0.29) is 36.4 Å². The first-order valence-electron chi connectivity index (χ1n) is 9.11. The Labute approximate surface area is 164 Å². The van der Waals surface area contributed by atoms with Gasteiger partial charge in [-0.25, -0.2) is 18.3 Å². The highest BCUT2D eigenvalue weighted by atomic mass is 19.1. The summed E-state index contributed by atoms with van der Waals surface area (Å²) in [6.07, 6.45) is 0.814. The van der Waals surface area contributed by atoms with Gasteiger partial charge in [-0.3, -0.25) is 9.69 Å². The van der Waals surface area contributed by atoms with E-state index < -0.39 is 23.8 Å². The fourth-order valence-electron chi connectivity index (χ4n) is 3.60. The molecule has 2 aliphatic rings. The van der Waals surface area contributed by atoms with E-state index in [9.17, 15) is 18.4 Å². The van der Waals surface area contributed by atoms with Crippen LogP contribution in [0, 0.1) is 11.6 Å². The fraction of sp³-hybridized carbons (Fsp3) is 0.471. The number of hydrogen-bond donors (Lipinski definition) is 1. The van der Waals surface area contributed by atoms with Gasteiger partial charge in [0.2, 0.25) is 5.91 Å². The molecule has 10 nitrogen and oxygen atoms in total. The van der Waals surface area contributed by atoms with Gasteiger partial charge < -0.3 is 15.0 Å². The predicted molar refractivity (Wildman–Crippen MR) is 96.3 cm³/mol. The Morgan fingerprint density at radius 2 is 2.07 bits per heavy atom. The Bertz CT molecular complexity index is 901. The second-order valence-corrected chi connectivity index (χ2v) is 6.99. The molecule has 29 heavy (non-hydrogen) atoms. The van der Waals surface area contributed by atoms with Crippen molar-refractivity contribution < 1.29 is 23.1 Å². The molecule has 1 N–H and O–H groups in total. The number of anilines is 2. The largest absolute Gasteiger partial charge is 0.442 e. The molecule has 2 amide bonds. The normalized spacial score (nSPS) is 21.6. The number of ether oxygens (including phenoxy) is 1. The van der Waals surface area contributed by atoms with Crippen molar-refractivity contribution in [3.63, 3.8) is 0 Å². The molecule has 2 fully saturated rings. The molecule has 154 valence electrons. The van der Waals surface area contributed by atoms with E-state index in [1.54, 1.807) is 9.58 Å². The molecule has 2 aliphatic heterocycles. The molecule has 0 spiro atoms. The van der Waals surface area contributed by atoms with Crippen LogP contribution in [-0.2, 0) is 9.53 Å². The number of nitrogens with one attached hydrogen (secondary N) is 1. The van der Waals surface area contributed by atoms with Gasteiger partial charge in [-0.15, -0.1) is 5.10 Å². The van der Waals surface area contributed by atoms with Gasteiger partial charge in [-0.1, -0.05) is 0 Å². The Morgan fingerprint density at radius 1 is 1.31 bits per heavy atom. The predicted octanol–water partition coefficient (Wildman–Crippen LogP) is 0.864. The molecule has 3 heterocycles. The SMILES string of the molecule is CC(=O)NC[C@H]1CN(c2cc(F)c(N3CCC(n4cnnn4)C3)c(F)c2)C(=O)O1. The van der Waals surface area contributed by atoms with Crippen molar-refractivity contribution in [2.24, 2.45) is 0 Å². The number of benzene rings is 1. The number of rotatable bonds is 5.